The number of carbonyl (C=O) groups is 1. The summed E-state index contributed by atoms with van der Waals surface area (Å²) in [7, 11) is 0. The topological polar surface area (TPSA) is 96.9 Å². The van der Waals surface area contributed by atoms with Gasteiger partial charge in [0, 0.05) is 34.8 Å². The zero-order valence-electron chi connectivity index (χ0n) is 25.0. The van der Waals surface area contributed by atoms with Crippen molar-refractivity contribution in [1.82, 2.24) is 30.6 Å². The number of nitrogens with one attached hydrogen (secondary N) is 3. The molecule has 3 N–H and O–H groups in total. The van der Waals surface area contributed by atoms with Crippen molar-refractivity contribution in [2.45, 2.75) is 71.5 Å². The van der Waals surface area contributed by atoms with Crippen LogP contribution in [0.5, 0.6) is 0 Å². The van der Waals surface area contributed by atoms with Crippen molar-refractivity contribution < 1.29 is 9.53 Å². The average Bonchev–Trinajstić information content (AvgIpc) is 3.63. The molecule has 2 aromatic heterocycles. The first-order chi connectivity index (χ1) is 19.8. The molecule has 218 valence electrons. The number of hydrogen-bond acceptors (Lipinski definition) is 5. The molecule has 0 radical (unpaired) electrons. The van der Waals surface area contributed by atoms with Gasteiger partial charge >= 0.3 is 0 Å². The fourth-order valence-corrected chi connectivity index (χ4v) is 5.94. The van der Waals surface area contributed by atoms with Gasteiger partial charge in [0.05, 0.1) is 37.5 Å². The minimum atomic E-state index is -0.332. The summed E-state index contributed by atoms with van der Waals surface area (Å²) in [5.41, 5.74) is 5.55. The SMILES string of the molecule is CCC(C)C(C)C(C)(C)c1cn(CCOCCNC(=O)[C@@H]2Cc3c([nH]c4ccccc34)C(c3ccccc3)N2)nn1. The average molecular weight is 557 g/mol. The molecule has 5 rings (SSSR count). The lowest BCUT2D eigenvalue weighted by atomic mass is 9.71. The maximum absolute atomic E-state index is 13.3. The first kappa shape index (κ1) is 29.0. The highest BCUT2D eigenvalue weighted by molar-refractivity contribution is 5.88. The number of hydrogen-bond donors (Lipinski definition) is 3. The Morgan fingerprint density at radius 2 is 1.88 bits per heavy atom. The molecule has 1 amide bonds. The fraction of sp³-hybridized carbons (Fsp3) is 0.485. The number of carbonyl (C=O) groups excluding carboxylic acids is 1. The van der Waals surface area contributed by atoms with Crippen LogP contribution in [0.25, 0.3) is 10.9 Å². The maximum Gasteiger partial charge on any atom is 0.237 e. The van der Waals surface area contributed by atoms with E-state index in [0.29, 0.717) is 44.6 Å². The first-order valence-electron chi connectivity index (χ1n) is 15.0. The molecule has 3 heterocycles. The van der Waals surface area contributed by atoms with Crippen LogP contribution < -0.4 is 10.6 Å². The van der Waals surface area contributed by atoms with Crippen molar-refractivity contribution in [3.63, 3.8) is 0 Å². The van der Waals surface area contributed by atoms with Crippen LogP contribution in [0.15, 0.2) is 60.8 Å². The fourth-order valence-electron chi connectivity index (χ4n) is 5.94. The monoisotopic (exact) mass is 556 g/mol. The molecule has 1 aliphatic rings. The van der Waals surface area contributed by atoms with E-state index in [0.717, 1.165) is 28.9 Å². The highest BCUT2D eigenvalue weighted by Crippen LogP contribution is 2.36. The Bertz CT molecular complexity index is 1440. The molecule has 0 aliphatic carbocycles. The molecular formula is C33H44N6O2. The number of H-pyrrole nitrogens is 1. The van der Waals surface area contributed by atoms with Crippen LogP contribution in [-0.2, 0) is 27.9 Å². The van der Waals surface area contributed by atoms with Gasteiger partial charge in [-0.05, 0) is 35.4 Å². The molecular weight excluding hydrogens is 512 g/mol. The van der Waals surface area contributed by atoms with Crippen molar-refractivity contribution in [2.24, 2.45) is 11.8 Å². The Hall–Kier alpha value is -3.49. The number of aromatic nitrogens is 4. The number of ether oxygens (including phenoxy) is 1. The number of nitrogens with zero attached hydrogens (tertiary/aromatic N) is 3. The normalized spacial score (nSPS) is 18.7. The Kier molecular flexibility index (Phi) is 8.90. The summed E-state index contributed by atoms with van der Waals surface area (Å²) in [6.45, 7) is 13.4. The lowest BCUT2D eigenvalue weighted by Crippen LogP contribution is -2.50. The minimum absolute atomic E-state index is 0.0101. The lowest BCUT2D eigenvalue weighted by Gasteiger charge is -2.33. The number of rotatable bonds is 12. The molecule has 8 heteroatoms. The Labute approximate surface area is 243 Å². The zero-order valence-corrected chi connectivity index (χ0v) is 25.0. The van der Waals surface area contributed by atoms with Crippen LogP contribution in [-0.4, -0.2) is 51.7 Å². The van der Waals surface area contributed by atoms with E-state index in [1.54, 1.807) is 0 Å². The molecule has 41 heavy (non-hydrogen) atoms. The molecule has 3 unspecified atom stereocenters. The molecule has 4 atom stereocenters. The van der Waals surface area contributed by atoms with Crippen molar-refractivity contribution in [3.8, 4) is 0 Å². The molecule has 0 bridgehead atoms. The lowest BCUT2D eigenvalue weighted by molar-refractivity contribution is -0.123. The van der Waals surface area contributed by atoms with Crippen LogP contribution in [0.1, 0.15) is 69.6 Å². The van der Waals surface area contributed by atoms with E-state index in [2.05, 4.69) is 90.9 Å². The van der Waals surface area contributed by atoms with Crippen LogP contribution in [0.2, 0.25) is 0 Å². The van der Waals surface area contributed by atoms with E-state index in [-0.39, 0.29) is 23.4 Å². The standard InChI is InChI=1S/C33H44N6O2/c1-6-22(2)23(3)33(4,5)29-21-39(38-37-29)17-19-41-18-16-34-32(40)28-20-26-25-14-10-11-15-27(25)35-31(26)30(36-28)24-12-8-7-9-13-24/h7-15,21-23,28,30,35-36H,6,16-20H2,1-5H3,(H,34,40)/t22?,23?,28-,30?/m0/s1. The highest BCUT2D eigenvalue weighted by atomic mass is 16.5. The van der Waals surface area contributed by atoms with Crippen molar-refractivity contribution >= 4 is 16.8 Å². The van der Waals surface area contributed by atoms with Crippen LogP contribution in [0, 0.1) is 11.8 Å². The van der Waals surface area contributed by atoms with Crippen LogP contribution in [0.4, 0.5) is 0 Å². The molecule has 0 fully saturated rings. The molecule has 0 spiro atoms. The second-order valence-corrected chi connectivity index (χ2v) is 12.0. The van der Waals surface area contributed by atoms with Gasteiger partial charge in [-0.3, -0.25) is 10.1 Å². The maximum atomic E-state index is 13.3. The molecule has 0 saturated heterocycles. The Balaban J connectivity index is 1.12. The van der Waals surface area contributed by atoms with Crippen LogP contribution >= 0.6 is 0 Å². The van der Waals surface area contributed by atoms with Crippen LogP contribution in [0.3, 0.4) is 0 Å². The van der Waals surface area contributed by atoms with Crippen molar-refractivity contribution in [2.75, 3.05) is 19.8 Å². The predicted molar refractivity (Wildman–Crippen MR) is 163 cm³/mol. The predicted octanol–water partition coefficient (Wildman–Crippen LogP) is 5.16. The second kappa shape index (κ2) is 12.6. The van der Waals surface area contributed by atoms with E-state index < -0.39 is 0 Å². The molecule has 1 aliphatic heterocycles. The molecule has 2 aromatic carbocycles. The zero-order chi connectivity index (χ0) is 29.0. The van der Waals surface area contributed by atoms with Gasteiger partial charge in [0.1, 0.15) is 0 Å². The largest absolute Gasteiger partial charge is 0.378 e. The summed E-state index contributed by atoms with van der Waals surface area (Å²) in [6, 6.07) is 18.2. The molecule has 8 nitrogen and oxygen atoms in total. The van der Waals surface area contributed by atoms with E-state index in [4.69, 9.17) is 4.74 Å². The van der Waals surface area contributed by atoms with Gasteiger partial charge in [-0.25, -0.2) is 4.68 Å². The van der Waals surface area contributed by atoms with E-state index in [1.165, 1.54) is 10.9 Å². The molecule has 0 saturated carbocycles. The van der Waals surface area contributed by atoms with Crippen molar-refractivity contribution in [1.29, 1.82) is 0 Å². The van der Waals surface area contributed by atoms with Gasteiger partial charge in [-0.15, -0.1) is 5.10 Å². The number of para-hydroxylation sites is 1. The molecule has 4 aromatic rings. The number of amides is 1. The smallest absolute Gasteiger partial charge is 0.237 e. The summed E-state index contributed by atoms with van der Waals surface area (Å²) < 4.78 is 7.69. The van der Waals surface area contributed by atoms with Gasteiger partial charge in [0.15, 0.2) is 0 Å². The quantitative estimate of drug-likeness (QED) is 0.210. The third kappa shape index (κ3) is 6.23. The minimum Gasteiger partial charge on any atom is -0.378 e. The first-order valence-corrected chi connectivity index (χ1v) is 15.0. The summed E-state index contributed by atoms with van der Waals surface area (Å²) in [5, 5.41) is 16.6. The van der Waals surface area contributed by atoms with Gasteiger partial charge < -0.3 is 15.0 Å². The Morgan fingerprint density at radius 1 is 1.12 bits per heavy atom. The summed E-state index contributed by atoms with van der Waals surface area (Å²) in [6.07, 6.45) is 3.83. The second-order valence-electron chi connectivity index (χ2n) is 12.0. The third-order valence-electron chi connectivity index (χ3n) is 9.21. The third-order valence-corrected chi connectivity index (χ3v) is 9.21. The van der Waals surface area contributed by atoms with E-state index >= 15 is 0 Å². The summed E-state index contributed by atoms with van der Waals surface area (Å²) in [5.74, 6) is 1.11. The highest BCUT2D eigenvalue weighted by Gasteiger charge is 2.34. The van der Waals surface area contributed by atoms with Gasteiger partial charge in [0.25, 0.3) is 0 Å². The van der Waals surface area contributed by atoms with E-state index in [9.17, 15) is 4.79 Å². The number of fused-ring (bicyclic) bond motifs is 3. The summed E-state index contributed by atoms with van der Waals surface area (Å²) >= 11 is 0. The summed E-state index contributed by atoms with van der Waals surface area (Å²) in [4.78, 5) is 16.9. The van der Waals surface area contributed by atoms with Gasteiger partial charge in [-0.1, -0.05) is 94.8 Å². The number of aromatic amines is 1. The van der Waals surface area contributed by atoms with Gasteiger partial charge in [0.2, 0.25) is 5.91 Å². The van der Waals surface area contributed by atoms with Crippen molar-refractivity contribution in [3.05, 3.63) is 83.3 Å². The Morgan fingerprint density at radius 3 is 2.66 bits per heavy atom. The van der Waals surface area contributed by atoms with E-state index in [1.807, 2.05) is 35.1 Å². The number of benzene rings is 2. The van der Waals surface area contributed by atoms with Gasteiger partial charge in [-0.2, -0.15) is 0 Å².